The van der Waals surface area contributed by atoms with Gasteiger partial charge in [-0.2, -0.15) is 0 Å². The zero-order chi connectivity index (χ0) is 51.0. The Morgan fingerprint density at radius 3 is 1.59 bits per heavy atom. The molecule has 376 valence electrons. The number of benzene rings is 2. The Morgan fingerprint density at radius 2 is 1.13 bits per heavy atom. The fourth-order valence-corrected chi connectivity index (χ4v) is 8.24. The summed E-state index contributed by atoms with van der Waals surface area (Å²) in [7, 11) is 0. The molecule has 3 heterocycles. The summed E-state index contributed by atoms with van der Waals surface area (Å²) >= 11 is 0. The van der Waals surface area contributed by atoms with Gasteiger partial charge < -0.3 is 34.6 Å². The average Bonchev–Trinajstić information content (AvgIpc) is 3.91. The van der Waals surface area contributed by atoms with Crippen LogP contribution in [0, 0.1) is 29.4 Å². The zero-order valence-electron chi connectivity index (χ0n) is 43.4. The number of aryl methyl sites for hydroxylation is 2. The average molecular weight is 944 g/mol. The van der Waals surface area contributed by atoms with E-state index in [1.165, 1.54) is 39.0 Å². The molecule has 0 spiro atoms. The van der Waals surface area contributed by atoms with E-state index in [9.17, 15) is 29.3 Å². The third kappa shape index (κ3) is 18.5. The van der Waals surface area contributed by atoms with Crippen LogP contribution < -0.4 is 5.73 Å². The Labute approximate surface area is 406 Å². The molecule has 14 nitrogen and oxygen atoms in total. The van der Waals surface area contributed by atoms with Gasteiger partial charge in [-0.15, -0.1) is 0 Å². The monoisotopic (exact) mass is 944 g/mol. The lowest BCUT2D eigenvalue weighted by Gasteiger charge is -2.42. The number of ether oxygens (including phenoxy) is 3. The molecular weight excluding hydrogens is 863 g/mol. The molecule has 3 aliphatic heterocycles. The maximum Gasteiger partial charge on any atom is 0.410 e. The van der Waals surface area contributed by atoms with Gasteiger partial charge in [0.1, 0.15) is 22.6 Å². The number of nitrogens with zero attached hydrogens (tertiary/aromatic N) is 4. The van der Waals surface area contributed by atoms with Gasteiger partial charge in [-0.3, -0.25) is 14.9 Å². The van der Waals surface area contributed by atoms with E-state index >= 15 is 0 Å². The van der Waals surface area contributed by atoms with Gasteiger partial charge in [-0.05, 0) is 143 Å². The summed E-state index contributed by atoms with van der Waals surface area (Å²) < 4.78 is 15.9. The second kappa shape index (κ2) is 25.2. The van der Waals surface area contributed by atoms with Crippen molar-refractivity contribution in [2.75, 3.05) is 45.8 Å². The standard InChI is InChI=1S/C21H30N2O2.C11H18N2O4.C10H17NO3.C10H10.C2H6/c1-15-5-7-17-16(13-15)6-8-18(17)21(14-22)9-11-23(12-10-21)19(24)25-20(2,3)4;1-11(2,3)17-10(14)12-6-4-9(5-7-12)8-13(15)16;1-10(2,3)14-9(13)11-6-4-8(12)5-7-11;1-8-5-6-9-3-2-4-10(9)7-8;1-2/h5,7-8,13H,6,9-12,14,22H2,1-4H3;8H,4-7H2,1-3H3;4-7H2,1-3H3;2-3,5-7H,4H2,1H3;1-2H3. The third-order valence-corrected chi connectivity index (χ3v) is 11.7. The maximum atomic E-state index is 12.3. The van der Waals surface area contributed by atoms with Crippen molar-refractivity contribution in [3.8, 4) is 0 Å². The summed E-state index contributed by atoms with van der Waals surface area (Å²) in [6.07, 6.45) is 12.8. The van der Waals surface area contributed by atoms with Crippen molar-refractivity contribution < 1.29 is 38.3 Å². The Hall–Kier alpha value is -5.50. The molecule has 0 saturated carbocycles. The number of likely N-dealkylation sites (tertiary alicyclic amines) is 3. The third-order valence-electron chi connectivity index (χ3n) is 11.7. The van der Waals surface area contributed by atoms with Crippen molar-refractivity contribution in [3.63, 3.8) is 0 Å². The molecule has 3 saturated heterocycles. The van der Waals surface area contributed by atoms with E-state index in [4.69, 9.17) is 19.9 Å². The van der Waals surface area contributed by atoms with Crippen LogP contribution in [-0.2, 0) is 31.8 Å². The number of carbonyl (C=O) groups excluding carboxylic acids is 4. The number of ketones is 1. The number of hydrogen-bond donors (Lipinski definition) is 1. The van der Waals surface area contributed by atoms with Crippen LogP contribution in [0.4, 0.5) is 14.4 Å². The molecule has 0 atom stereocenters. The van der Waals surface area contributed by atoms with Gasteiger partial charge in [0.05, 0.1) is 4.92 Å². The highest BCUT2D eigenvalue weighted by Gasteiger charge is 2.41. The smallest absolute Gasteiger partial charge is 0.410 e. The number of allylic oxidation sites excluding steroid dienone is 2. The van der Waals surface area contributed by atoms with E-state index in [0.717, 1.165) is 37.5 Å². The molecule has 2 N–H and O–H groups in total. The molecule has 7 rings (SSSR count). The number of nitrogens with two attached hydrogens (primary N) is 1. The summed E-state index contributed by atoms with van der Waals surface area (Å²) in [5.41, 5.74) is 15.2. The van der Waals surface area contributed by atoms with Gasteiger partial charge in [0.15, 0.2) is 0 Å². The summed E-state index contributed by atoms with van der Waals surface area (Å²) in [6.45, 7) is 28.9. The minimum Gasteiger partial charge on any atom is -0.444 e. The van der Waals surface area contributed by atoms with Crippen LogP contribution in [-0.4, -0.2) is 106 Å². The van der Waals surface area contributed by atoms with E-state index in [1.807, 2.05) is 81.1 Å². The fourth-order valence-electron chi connectivity index (χ4n) is 8.24. The summed E-state index contributed by atoms with van der Waals surface area (Å²) in [6, 6.07) is 13.3. The second-order valence-electron chi connectivity index (χ2n) is 20.8. The molecule has 3 amide bonds. The number of piperidine rings is 3. The lowest BCUT2D eigenvalue weighted by molar-refractivity contribution is -0.403. The van der Waals surface area contributed by atoms with Crippen molar-refractivity contribution in [1.29, 1.82) is 0 Å². The first-order valence-electron chi connectivity index (χ1n) is 24.3. The SMILES string of the molecule is CC.CC(C)(C)OC(=O)N1CCC(=C[N+](=O)[O-])CC1.CC(C)(C)OC(=O)N1CCC(=O)CC1.Cc1ccc2c(c1)CC=C2.Cc1ccc2c(c1)CC=C2C1(CN)CCN(C(=O)OC(C)(C)C)CC1. The second-order valence-corrected chi connectivity index (χ2v) is 20.8. The number of fused-ring (bicyclic) bond motifs is 2. The van der Waals surface area contributed by atoms with E-state index in [0.29, 0.717) is 71.5 Å². The predicted molar refractivity (Wildman–Crippen MR) is 271 cm³/mol. The molecule has 2 aromatic rings. The van der Waals surface area contributed by atoms with Crippen molar-refractivity contribution in [2.45, 2.75) is 158 Å². The van der Waals surface area contributed by atoms with Crippen LogP contribution in [0.25, 0.3) is 11.6 Å². The van der Waals surface area contributed by atoms with E-state index in [-0.39, 0.29) is 29.5 Å². The normalized spacial score (nSPS) is 17.1. The maximum absolute atomic E-state index is 12.3. The summed E-state index contributed by atoms with van der Waals surface area (Å²) in [5.74, 6) is 0.227. The highest BCUT2D eigenvalue weighted by Crippen LogP contribution is 2.47. The molecular formula is C54H81N5O9. The van der Waals surface area contributed by atoms with Crippen LogP contribution >= 0.6 is 0 Å². The topological polar surface area (TPSA) is 175 Å². The zero-order valence-corrected chi connectivity index (χ0v) is 43.4. The minimum atomic E-state index is -0.506. The van der Waals surface area contributed by atoms with E-state index in [2.05, 4.69) is 68.5 Å². The van der Waals surface area contributed by atoms with E-state index < -0.39 is 21.7 Å². The molecule has 14 heteroatoms. The van der Waals surface area contributed by atoms with Gasteiger partial charge in [-0.1, -0.05) is 79.6 Å². The van der Waals surface area contributed by atoms with Gasteiger partial charge in [0.2, 0.25) is 6.20 Å². The highest BCUT2D eigenvalue weighted by atomic mass is 16.6. The first-order valence-corrected chi connectivity index (χ1v) is 24.3. The molecule has 2 aliphatic carbocycles. The van der Waals surface area contributed by atoms with Crippen LogP contribution in [0.3, 0.4) is 0 Å². The molecule has 0 bridgehead atoms. The van der Waals surface area contributed by atoms with Crippen molar-refractivity contribution >= 4 is 35.7 Å². The number of Topliss-reactive ketones (excluding diaryl/α,β-unsaturated/α-hetero) is 1. The van der Waals surface area contributed by atoms with Gasteiger partial charge >= 0.3 is 18.3 Å². The van der Waals surface area contributed by atoms with Gasteiger partial charge in [0, 0.05) is 69.6 Å². The fraction of sp³-hybridized carbons (Fsp3) is 0.593. The van der Waals surface area contributed by atoms with E-state index in [1.54, 1.807) is 9.80 Å². The number of carbonyl (C=O) groups is 4. The van der Waals surface area contributed by atoms with Crippen molar-refractivity contribution in [2.24, 2.45) is 11.1 Å². The number of amides is 3. The number of nitro groups is 1. The molecule has 5 aliphatic rings. The summed E-state index contributed by atoms with van der Waals surface area (Å²) in [5, 5.41) is 10.3. The predicted octanol–water partition coefficient (Wildman–Crippen LogP) is 11.3. The van der Waals surface area contributed by atoms with Crippen molar-refractivity contribution in [3.05, 3.63) is 104 Å². The van der Waals surface area contributed by atoms with Crippen LogP contribution in [0.1, 0.15) is 148 Å². The van der Waals surface area contributed by atoms with Gasteiger partial charge in [-0.25, -0.2) is 14.4 Å². The van der Waals surface area contributed by atoms with Gasteiger partial charge in [0.25, 0.3) is 0 Å². The first-order chi connectivity index (χ1) is 31.8. The number of hydrogen-bond acceptors (Lipinski definition) is 10. The highest BCUT2D eigenvalue weighted by molar-refractivity contribution is 5.81. The Balaban J connectivity index is 0.000000249. The molecule has 0 radical (unpaired) electrons. The summed E-state index contributed by atoms with van der Waals surface area (Å²) in [4.78, 5) is 61.3. The Morgan fingerprint density at radius 1 is 0.691 bits per heavy atom. The molecule has 3 fully saturated rings. The Kier molecular flexibility index (Phi) is 21.1. The molecule has 68 heavy (non-hydrogen) atoms. The van der Waals surface area contributed by atoms with Crippen molar-refractivity contribution in [1.82, 2.24) is 14.7 Å². The number of rotatable bonds is 3. The van der Waals surface area contributed by atoms with Crippen LogP contribution in [0.2, 0.25) is 0 Å². The molecule has 0 aromatic heterocycles. The first kappa shape index (κ1) is 56.8. The molecule has 2 aromatic carbocycles. The lowest BCUT2D eigenvalue weighted by Crippen LogP contribution is -2.47. The minimum absolute atomic E-state index is 0.0287. The van der Waals surface area contributed by atoms with Crippen LogP contribution in [0.5, 0.6) is 0 Å². The Bertz CT molecular complexity index is 2130. The lowest BCUT2D eigenvalue weighted by atomic mass is 9.70. The van der Waals surface area contributed by atoms with Crippen LogP contribution in [0.15, 0.2) is 60.3 Å². The largest absolute Gasteiger partial charge is 0.444 e. The molecule has 0 unspecified atom stereocenters. The quantitative estimate of drug-likeness (QED) is 0.177.